The van der Waals surface area contributed by atoms with Crippen LogP contribution in [-0.4, -0.2) is 66.5 Å². The zero-order valence-electron chi connectivity index (χ0n) is 22.8. The molecule has 0 aromatic heterocycles. The lowest BCUT2D eigenvalue weighted by Gasteiger charge is -2.32. The molecule has 0 heterocycles. The number of esters is 1. The summed E-state index contributed by atoms with van der Waals surface area (Å²) in [6.07, 6.45) is -1.12. The van der Waals surface area contributed by atoms with Crippen LogP contribution in [0.4, 0.5) is 4.79 Å². The van der Waals surface area contributed by atoms with Crippen LogP contribution in [0.25, 0.3) is 0 Å². The van der Waals surface area contributed by atoms with Crippen molar-refractivity contribution in [2.75, 3.05) is 20.2 Å². The van der Waals surface area contributed by atoms with E-state index in [1.165, 1.54) is 11.9 Å². The third kappa shape index (κ3) is 10.9. The van der Waals surface area contributed by atoms with E-state index in [9.17, 15) is 24.0 Å². The Bertz CT molecular complexity index is 988. The highest BCUT2D eigenvalue weighted by atomic mass is 16.6. The molecule has 0 spiro atoms. The summed E-state index contributed by atoms with van der Waals surface area (Å²) in [5, 5.41) is 5.19. The molecule has 0 radical (unpaired) electrons. The van der Waals surface area contributed by atoms with E-state index < -0.39 is 47.5 Å². The maximum Gasteiger partial charge on any atom is 0.408 e. The van der Waals surface area contributed by atoms with Crippen molar-refractivity contribution in [2.24, 2.45) is 5.73 Å². The van der Waals surface area contributed by atoms with Gasteiger partial charge in [-0.2, -0.15) is 0 Å². The fourth-order valence-electron chi connectivity index (χ4n) is 3.56. The summed E-state index contributed by atoms with van der Waals surface area (Å²) in [7, 11) is 1.44. The summed E-state index contributed by atoms with van der Waals surface area (Å²) >= 11 is 0. The first-order valence-corrected chi connectivity index (χ1v) is 12.2. The smallest absolute Gasteiger partial charge is 0.408 e. The first-order chi connectivity index (χ1) is 17.2. The minimum absolute atomic E-state index is 0.0162. The Morgan fingerprint density at radius 3 is 2.30 bits per heavy atom. The number of nitrogens with zero attached hydrogens (tertiary/aromatic N) is 1. The summed E-state index contributed by atoms with van der Waals surface area (Å²) in [4.78, 5) is 63.7. The first-order valence-electron chi connectivity index (χ1n) is 12.2. The van der Waals surface area contributed by atoms with Crippen LogP contribution in [0.1, 0.15) is 69.7 Å². The lowest BCUT2D eigenvalue weighted by Crippen LogP contribution is -2.52. The second-order valence-electron chi connectivity index (χ2n) is 9.76. The number of benzene rings is 1. The zero-order valence-corrected chi connectivity index (χ0v) is 22.8. The summed E-state index contributed by atoms with van der Waals surface area (Å²) in [5.41, 5.74) is 6.69. The van der Waals surface area contributed by atoms with Crippen LogP contribution in [0.15, 0.2) is 18.2 Å². The quantitative estimate of drug-likeness (QED) is 0.356. The minimum atomic E-state index is -1.17. The van der Waals surface area contributed by atoms with Crippen molar-refractivity contribution < 1.29 is 33.4 Å². The summed E-state index contributed by atoms with van der Waals surface area (Å²) < 4.78 is 10.2. The molecule has 0 saturated heterocycles. The molecule has 0 aliphatic rings. The first kappa shape index (κ1) is 31.4. The number of amides is 4. The van der Waals surface area contributed by atoms with Gasteiger partial charge in [-0.15, -0.1) is 0 Å². The number of carbonyl (C=O) groups is 5. The standard InChI is InChI=1S/C26H40N4O7/c1-8-36-21(32)13-14-28-23(33)22(18-15-16(2)9-10-17(18)3)30(7)24(34)19(11-12-20(27)31)29-25(35)37-26(4,5)6/h9-10,15,19,22H,8,11-14H2,1-7H3,(H2,27,31)(H,28,33)(H,29,35). The van der Waals surface area contributed by atoms with Gasteiger partial charge in [0.2, 0.25) is 17.7 Å². The number of primary amides is 1. The van der Waals surface area contributed by atoms with Crippen LogP contribution in [0.2, 0.25) is 0 Å². The Morgan fingerprint density at radius 1 is 1.08 bits per heavy atom. The maximum absolute atomic E-state index is 13.6. The van der Waals surface area contributed by atoms with Crippen LogP contribution >= 0.6 is 0 Å². The van der Waals surface area contributed by atoms with Gasteiger partial charge in [-0.25, -0.2) is 4.79 Å². The van der Waals surface area contributed by atoms with E-state index in [1.807, 2.05) is 26.0 Å². The molecule has 37 heavy (non-hydrogen) atoms. The highest BCUT2D eigenvalue weighted by molar-refractivity contribution is 5.92. The van der Waals surface area contributed by atoms with Gasteiger partial charge in [0.15, 0.2) is 0 Å². The Labute approximate surface area is 218 Å². The van der Waals surface area contributed by atoms with Gasteiger partial charge in [0, 0.05) is 20.0 Å². The number of carbonyl (C=O) groups excluding carboxylic acids is 5. The molecule has 11 heteroatoms. The number of ether oxygens (including phenoxy) is 2. The molecule has 0 bridgehead atoms. The van der Waals surface area contributed by atoms with Gasteiger partial charge in [-0.3, -0.25) is 19.2 Å². The molecule has 2 atom stereocenters. The molecule has 0 aliphatic heterocycles. The molecule has 11 nitrogen and oxygen atoms in total. The highest BCUT2D eigenvalue weighted by Crippen LogP contribution is 2.26. The normalized spacial score (nSPS) is 12.6. The fraction of sp³-hybridized carbons (Fsp3) is 0.577. The highest BCUT2D eigenvalue weighted by Gasteiger charge is 2.35. The van der Waals surface area contributed by atoms with E-state index in [0.29, 0.717) is 5.56 Å². The van der Waals surface area contributed by atoms with E-state index >= 15 is 0 Å². The number of aryl methyl sites for hydroxylation is 2. The number of likely N-dealkylation sites (N-methyl/N-ethyl adjacent to an activating group) is 1. The van der Waals surface area contributed by atoms with Gasteiger partial charge in [0.1, 0.15) is 17.7 Å². The molecular weight excluding hydrogens is 480 g/mol. The molecule has 1 aromatic rings. The number of hydrogen-bond acceptors (Lipinski definition) is 7. The number of nitrogens with one attached hydrogen (secondary N) is 2. The van der Waals surface area contributed by atoms with Crippen molar-refractivity contribution in [1.82, 2.24) is 15.5 Å². The topological polar surface area (TPSA) is 157 Å². The van der Waals surface area contributed by atoms with Gasteiger partial charge in [-0.1, -0.05) is 23.8 Å². The molecular formula is C26H40N4O7. The Morgan fingerprint density at radius 2 is 1.73 bits per heavy atom. The van der Waals surface area contributed by atoms with E-state index in [0.717, 1.165) is 11.1 Å². The van der Waals surface area contributed by atoms with E-state index in [2.05, 4.69) is 10.6 Å². The molecule has 0 fully saturated rings. The van der Waals surface area contributed by atoms with Crippen molar-refractivity contribution in [2.45, 2.75) is 78.5 Å². The molecule has 0 saturated carbocycles. The third-order valence-corrected chi connectivity index (χ3v) is 5.31. The van der Waals surface area contributed by atoms with E-state index in [4.69, 9.17) is 15.2 Å². The van der Waals surface area contributed by atoms with Crippen molar-refractivity contribution in [3.8, 4) is 0 Å². The second-order valence-corrected chi connectivity index (χ2v) is 9.76. The van der Waals surface area contributed by atoms with Crippen LogP contribution in [-0.2, 0) is 28.7 Å². The maximum atomic E-state index is 13.6. The van der Waals surface area contributed by atoms with E-state index in [1.54, 1.807) is 33.8 Å². The van der Waals surface area contributed by atoms with Crippen molar-refractivity contribution in [1.29, 1.82) is 0 Å². The molecule has 0 aliphatic carbocycles. The number of alkyl carbamates (subject to hydrolysis) is 1. The predicted octanol–water partition coefficient (Wildman–Crippen LogP) is 2.03. The largest absolute Gasteiger partial charge is 0.466 e. The number of hydrogen-bond donors (Lipinski definition) is 3. The van der Waals surface area contributed by atoms with Gasteiger partial charge in [0.05, 0.1) is 13.0 Å². The second kappa shape index (κ2) is 14.2. The van der Waals surface area contributed by atoms with Crippen LogP contribution in [0.5, 0.6) is 0 Å². The van der Waals surface area contributed by atoms with E-state index in [-0.39, 0.29) is 32.4 Å². The lowest BCUT2D eigenvalue weighted by atomic mass is 9.96. The average molecular weight is 521 g/mol. The van der Waals surface area contributed by atoms with Crippen LogP contribution < -0.4 is 16.4 Å². The van der Waals surface area contributed by atoms with Gasteiger partial charge < -0.3 is 30.7 Å². The van der Waals surface area contributed by atoms with Crippen molar-refractivity contribution in [3.63, 3.8) is 0 Å². The molecule has 1 aromatic carbocycles. The molecule has 2 unspecified atom stereocenters. The molecule has 1 rings (SSSR count). The van der Waals surface area contributed by atoms with Crippen LogP contribution in [0, 0.1) is 13.8 Å². The van der Waals surface area contributed by atoms with Crippen molar-refractivity contribution >= 4 is 29.8 Å². The Kier molecular flexibility index (Phi) is 12.0. The summed E-state index contributed by atoms with van der Waals surface area (Å²) in [6, 6.07) is 3.27. The molecule has 4 amide bonds. The number of nitrogens with two attached hydrogens (primary N) is 1. The van der Waals surface area contributed by atoms with Crippen LogP contribution in [0.3, 0.4) is 0 Å². The SMILES string of the molecule is CCOC(=O)CCNC(=O)C(c1cc(C)ccc1C)N(C)C(=O)C(CCC(N)=O)NC(=O)OC(C)(C)C. The summed E-state index contributed by atoms with van der Waals surface area (Å²) in [5.74, 6) is -2.23. The Hall–Kier alpha value is -3.63. The average Bonchev–Trinajstić information content (AvgIpc) is 2.77. The monoisotopic (exact) mass is 520 g/mol. The summed E-state index contributed by atoms with van der Waals surface area (Å²) in [6.45, 7) is 10.6. The van der Waals surface area contributed by atoms with Gasteiger partial charge in [-0.05, 0) is 59.1 Å². The molecule has 206 valence electrons. The Balaban J connectivity index is 3.28. The zero-order chi connectivity index (χ0) is 28.3. The number of rotatable bonds is 12. The van der Waals surface area contributed by atoms with Gasteiger partial charge in [0.25, 0.3) is 0 Å². The minimum Gasteiger partial charge on any atom is -0.466 e. The lowest BCUT2D eigenvalue weighted by molar-refractivity contribution is -0.144. The van der Waals surface area contributed by atoms with Crippen molar-refractivity contribution in [3.05, 3.63) is 34.9 Å². The fourth-order valence-corrected chi connectivity index (χ4v) is 3.56. The van der Waals surface area contributed by atoms with Gasteiger partial charge >= 0.3 is 12.1 Å². The molecule has 4 N–H and O–H groups in total. The predicted molar refractivity (Wildman–Crippen MR) is 137 cm³/mol. The third-order valence-electron chi connectivity index (χ3n) is 5.31.